The van der Waals surface area contributed by atoms with Gasteiger partial charge in [-0.1, -0.05) is 0 Å². The van der Waals surface area contributed by atoms with Crippen molar-refractivity contribution in [2.24, 2.45) is 0 Å². The molecular weight excluding hydrogens is 364 g/mol. The Morgan fingerprint density at radius 2 is 1.25 bits per heavy atom. The summed E-state index contributed by atoms with van der Waals surface area (Å²) in [6.07, 6.45) is 0. The van der Waals surface area contributed by atoms with Gasteiger partial charge in [-0.15, -0.1) is 0 Å². The topological polar surface area (TPSA) is 0 Å². The first-order valence-corrected chi connectivity index (χ1v) is 4.88. The Bertz CT molecular complexity index is 6.00. The van der Waals surface area contributed by atoms with Crippen molar-refractivity contribution < 1.29 is 52.6 Å². The molecule has 0 nitrogen and oxygen atoms in total. The van der Waals surface area contributed by atoms with Crippen LogP contribution in [0.15, 0.2) is 0 Å². The van der Waals surface area contributed by atoms with Crippen LogP contribution in [0.1, 0.15) is 0 Å². The Kier molecular flexibility index (Phi) is 23.1. The van der Waals surface area contributed by atoms with Crippen molar-refractivity contribution in [1.29, 1.82) is 0 Å². The van der Waals surface area contributed by atoms with Crippen molar-refractivity contribution >= 4 is 28.2 Å². The van der Waals surface area contributed by atoms with E-state index in [0.717, 1.165) is 0 Å². The molecule has 0 heterocycles. The van der Waals surface area contributed by atoms with Gasteiger partial charge in [-0.2, -0.15) is 0 Å². The van der Waals surface area contributed by atoms with Crippen LogP contribution in [0.2, 0.25) is 0 Å². The first kappa shape index (κ1) is 9.96. The van der Waals surface area contributed by atoms with Crippen LogP contribution < -0.4 is 0 Å². The molecule has 0 saturated heterocycles. The molecule has 0 spiro atoms. The standard InChI is InChI=1S/2BrH.Cu.Pr/h2*1H;;/q;;+2;/p-2. The minimum absolute atomic E-state index is 0. The zero-order valence-corrected chi connectivity index (χ0v) is 9.45. The van der Waals surface area contributed by atoms with Gasteiger partial charge in [-0.05, 0) is 0 Å². The van der Waals surface area contributed by atoms with Crippen LogP contribution in [0.4, 0.5) is 0 Å². The quantitative estimate of drug-likeness (QED) is 0.574. The summed E-state index contributed by atoms with van der Waals surface area (Å²) in [6.45, 7) is 0. The fourth-order valence-corrected chi connectivity index (χ4v) is 0. The molecule has 0 saturated carbocycles. The van der Waals surface area contributed by atoms with E-state index in [1.165, 1.54) is 11.3 Å². The Morgan fingerprint density at radius 1 is 1.25 bits per heavy atom. The Balaban J connectivity index is 0. The molecule has 4 heteroatoms. The van der Waals surface area contributed by atoms with Crippen molar-refractivity contribution in [3.8, 4) is 0 Å². The van der Waals surface area contributed by atoms with E-state index in [2.05, 4.69) is 28.2 Å². The molecule has 0 aliphatic rings. The van der Waals surface area contributed by atoms with Crippen LogP contribution >= 0.6 is 28.2 Å². The molecule has 0 rings (SSSR count). The molecular formula is Br2CuPr. The molecule has 28 valence electrons. The van der Waals surface area contributed by atoms with Gasteiger partial charge in [0, 0.05) is 41.3 Å². The normalized spacial score (nSPS) is 5.50. The molecule has 0 aliphatic carbocycles. The van der Waals surface area contributed by atoms with Gasteiger partial charge >= 0.3 is 39.6 Å². The second-order valence-electron chi connectivity index (χ2n) is 0.0431. The molecule has 4 heavy (non-hydrogen) atoms. The smallest absolute Gasteiger partial charge is 0 e. The van der Waals surface area contributed by atoms with Gasteiger partial charge in [-0.3, -0.25) is 0 Å². The van der Waals surface area contributed by atoms with E-state index < -0.39 is 0 Å². The summed E-state index contributed by atoms with van der Waals surface area (Å²) in [5.41, 5.74) is 0. The molecule has 0 atom stereocenters. The minimum Gasteiger partial charge on any atom is 0 e. The minimum atomic E-state index is 0. The monoisotopic (exact) mass is 362 g/mol. The summed E-state index contributed by atoms with van der Waals surface area (Å²) in [5.74, 6) is 0. The van der Waals surface area contributed by atoms with Crippen LogP contribution in [0, 0.1) is 41.3 Å². The summed E-state index contributed by atoms with van der Waals surface area (Å²) < 4.78 is 0. The molecule has 0 fully saturated rings. The summed E-state index contributed by atoms with van der Waals surface area (Å²) in [6, 6.07) is 0. The van der Waals surface area contributed by atoms with E-state index in [-0.39, 0.29) is 41.3 Å². The first-order valence-electron chi connectivity index (χ1n) is 0.228. The largest absolute Gasteiger partial charge is 0 e. The second kappa shape index (κ2) is 9.28. The third kappa shape index (κ3) is 8.85. The van der Waals surface area contributed by atoms with Gasteiger partial charge in [0.1, 0.15) is 0 Å². The summed E-state index contributed by atoms with van der Waals surface area (Å²) in [5, 5.41) is 0. The maximum Gasteiger partial charge on any atom is 0 e. The fourth-order valence-electron chi connectivity index (χ4n) is 0. The maximum atomic E-state index is 2.97. The number of hydrogen-bond donors (Lipinski definition) is 0. The van der Waals surface area contributed by atoms with Gasteiger partial charge < -0.3 is 0 Å². The predicted molar refractivity (Wildman–Crippen MR) is 17.9 cm³/mol. The van der Waals surface area contributed by atoms with Crippen LogP contribution in [-0.2, 0) is 11.3 Å². The van der Waals surface area contributed by atoms with E-state index in [1.807, 2.05) is 0 Å². The van der Waals surface area contributed by atoms with Gasteiger partial charge in [0.15, 0.2) is 0 Å². The van der Waals surface area contributed by atoms with Crippen molar-refractivity contribution in [2.75, 3.05) is 0 Å². The van der Waals surface area contributed by atoms with Crippen molar-refractivity contribution in [3.63, 3.8) is 0 Å². The van der Waals surface area contributed by atoms with E-state index in [4.69, 9.17) is 0 Å². The summed E-state index contributed by atoms with van der Waals surface area (Å²) >= 11 is 7.38. The molecule has 0 aromatic heterocycles. The van der Waals surface area contributed by atoms with E-state index in [9.17, 15) is 0 Å². The SMILES string of the molecule is [Br][Cu][Br].[Pr]. The van der Waals surface area contributed by atoms with Gasteiger partial charge in [-0.25, -0.2) is 0 Å². The van der Waals surface area contributed by atoms with Gasteiger partial charge in [0.2, 0.25) is 0 Å². The van der Waals surface area contributed by atoms with Gasteiger partial charge in [0.25, 0.3) is 0 Å². The Hall–Kier alpha value is 2.84. The van der Waals surface area contributed by atoms with E-state index in [0.29, 0.717) is 0 Å². The molecule has 0 amide bonds. The van der Waals surface area contributed by atoms with Crippen molar-refractivity contribution in [1.82, 2.24) is 0 Å². The van der Waals surface area contributed by atoms with Crippen LogP contribution in [-0.4, -0.2) is 0 Å². The zero-order chi connectivity index (χ0) is 2.71. The van der Waals surface area contributed by atoms with Crippen molar-refractivity contribution in [2.45, 2.75) is 0 Å². The zero-order valence-electron chi connectivity index (χ0n) is 1.63. The van der Waals surface area contributed by atoms with Crippen LogP contribution in [0.5, 0.6) is 0 Å². The Labute approximate surface area is 79.0 Å². The van der Waals surface area contributed by atoms with Crippen LogP contribution in [0.25, 0.3) is 0 Å². The van der Waals surface area contributed by atoms with Gasteiger partial charge in [0.05, 0.1) is 0 Å². The molecule has 1 radical (unpaired) electrons. The Morgan fingerprint density at radius 3 is 1.25 bits per heavy atom. The number of hydrogen-bond acceptors (Lipinski definition) is 0. The number of halogens is 2. The molecule has 0 aromatic rings. The maximum absolute atomic E-state index is 2.97. The average molecular weight is 364 g/mol. The first-order chi connectivity index (χ1) is 1.41. The van der Waals surface area contributed by atoms with Crippen LogP contribution in [0.3, 0.4) is 0 Å². The second-order valence-corrected chi connectivity index (χ2v) is 4.80. The number of rotatable bonds is 0. The summed E-state index contributed by atoms with van der Waals surface area (Å²) in [7, 11) is 0. The predicted octanol–water partition coefficient (Wildman–Crippen LogP) is 1.69. The van der Waals surface area contributed by atoms with Crippen molar-refractivity contribution in [3.05, 3.63) is 0 Å². The molecule has 0 aliphatic heterocycles. The molecule has 0 aromatic carbocycles. The summed E-state index contributed by atoms with van der Waals surface area (Å²) in [4.78, 5) is 0. The average Bonchev–Trinajstić information content (AvgIpc) is 0.918. The molecule has 0 bridgehead atoms. The third-order valence-electron chi connectivity index (χ3n) is 0. The molecule has 0 unspecified atom stereocenters. The van der Waals surface area contributed by atoms with E-state index >= 15 is 0 Å². The molecule has 0 N–H and O–H groups in total. The van der Waals surface area contributed by atoms with E-state index in [1.54, 1.807) is 0 Å². The third-order valence-corrected chi connectivity index (χ3v) is 0. The fraction of sp³-hybridized carbons (Fsp3) is 0.